The van der Waals surface area contributed by atoms with Gasteiger partial charge in [0.15, 0.2) is 0 Å². The molecule has 0 aliphatic rings. The Morgan fingerprint density at radius 1 is 1.00 bits per heavy atom. The number of hydrogen-bond donors (Lipinski definition) is 2. The van der Waals surface area contributed by atoms with Gasteiger partial charge >= 0.3 is 0 Å². The van der Waals surface area contributed by atoms with E-state index in [1.54, 1.807) is 30.3 Å². The van der Waals surface area contributed by atoms with Crippen LogP contribution in [0.5, 0.6) is 0 Å². The lowest BCUT2D eigenvalue weighted by molar-refractivity contribution is -0.116. The number of rotatable bonds is 6. The summed E-state index contributed by atoms with van der Waals surface area (Å²) in [5, 5.41) is 14.0. The highest BCUT2D eigenvalue weighted by Gasteiger charge is 2.05. The van der Waals surface area contributed by atoms with E-state index in [2.05, 4.69) is 25.8 Å². The molecule has 1 amide bonds. The van der Waals surface area contributed by atoms with Crippen LogP contribution in [0.25, 0.3) is 11.3 Å². The SMILES string of the molecule is Cc1cccc(NC(=O)CCNc2ccc(-c3ccc(F)cc3)nn2)n1. The second-order valence-electron chi connectivity index (χ2n) is 5.70. The number of nitrogens with one attached hydrogen (secondary N) is 2. The number of aromatic nitrogens is 3. The van der Waals surface area contributed by atoms with Gasteiger partial charge in [-0.1, -0.05) is 6.07 Å². The van der Waals surface area contributed by atoms with Crippen LogP contribution in [0.15, 0.2) is 54.6 Å². The summed E-state index contributed by atoms with van der Waals surface area (Å²) in [5.41, 5.74) is 2.28. The average Bonchev–Trinajstić information content (AvgIpc) is 2.63. The summed E-state index contributed by atoms with van der Waals surface area (Å²) in [5.74, 6) is 0.682. The minimum Gasteiger partial charge on any atom is -0.368 e. The molecule has 0 saturated heterocycles. The molecule has 7 heteroatoms. The van der Waals surface area contributed by atoms with Crippen molar-refractivity contribution in [1.29, 1.82) is 0 Å². The van der Waals surface area contributed by atoms with Crippen molar-refractivity contribution in [3.63, 3.8) is 0 Å². The fourth-order valence-electron chi connectivity index (χ4n) is 2.32. The van der Waals surface area contributed by atoms with Gasteiger partial charge in [0.05, 0.1) is 5.69 Å². The van der Waals surface area contributed by atoms with E-state index in [-0.39, 0.29) is 18.1 Å². The number of halogens is 1. The van der Waals surface area contributed by atoms with E-state index in [1.165, 1.54) is 12.1 Å². The Kier molecular flexibility index (Phi) is 5.48. The Morgan fingerprint density at radius 2 is 1.81 bits per heavy atom. The summed E-state index contributed by atoms with van der Waals surface area (Å²) in [6.07, 6.45) is 0.275. The van der Waals surface area contributed by atoms with E-state index in [9.17, 15) is 9.18 Å². The number of aryl methyl sites for hydroxylation is 1. The van der Waals surface area contributed by atoms with Gasteiger partial charge in [-0.15, -0.1) is 10.2 Å². The molecule has 2 aromatic heterocycles. The lowest BCUT2D eigenvalue weighted by atomic mass is 10.1. The molecule has 6 nitrogen and oxygen atoms in total. The number of pyridine rings is 1. The van der Waals surface area contributed by atoms with Gasteiger partial charge in [0.2, 0.25) is 5.91 Å². The largest absolute Gasteiger partial charge is 0.368 e. The zero-order valence-corrected chi connectivity index (χ0v) is 14.2. The predicted octanol–water partition coefficient (Wildman–Crippen LogP) is 3.43. The topological polar surface area (TPSA) is 79.8 Å². The standard InChI is InChI=1S/C19H18FN5O/c1-13-3-2-4-18(22-13)23-19(26)11-12-21-17-10-9-16(24-25-17)14-5-7-15(20)8-6-14/h2-10H,11-12H2,1H3,(H,21,25)(H,22,23,26). The summed E-state index contributed by atoms with van der Waals surface area (Å²) in [6.45, 7) is 2.29. The molecule has 1 aromatic carbocycles. The average molecular weight is 351 g/mol. The maximum Gasteiger partial charge on any atom is 0.227 e. The van der Waals surface area contributed by atoms with Crippen molar-refractivity contribution in [1.82, 2.24) is 15.2 Å². The van der Waals surface area contributed by atoms with Crippen LogP contribution < -0.4 is 10.6 Å². The van der Waals surface area contributed by atoms with E-state index in [0.717, 1.165) is 11.3 Å². The van der Waals surface area contributed by atoms with Crippen molar-refractivity contribution in [2.75, 3.05) is 17.2 Å². The van der Waals surface area contributed by atoms with Crippen molar-refractivity contribution in [2.24, 2.45) is 0 Å². The summed E-state index contributed by atoms with van der Waals surface area (Å²) < 4.78 is 12.9. The first-order chi connectivity index (χ1) is 12.6. The first-order valence-corrected chi connectivity index (χ1v) is 8.17. The number of amides is 1. The molecule has 3 rings (SSSR count). The van der Waals surface area contributed by atoms with Crippen LogP contribution in [0.1, 0.15) is 12.1 Å². The maximum absolute atomic E-state index is 12.9. The number of benzene rings is 1. The predicted molar refractivity (Wildman–Crippen MR) is 98.1 cm³/mol. The lowest BCUT2D eigenvalue weighted by Crippen LogP contribution is -2.17. The smallest absolute Gasteiger partial charge is 0.227 e. The third-order valence-corrected chi connectivity index (χ3v) is 3.62. The van der Waals surface area contributed by atoms with Crippen molar-refractivity contribution >= 4 is 17.5 Å². The molecule has 0 unspecified atom stereocenters. The molecule has 26 heavy (non-hydrogen) atoms. The van der Waals surface area contributed by atoms with Crippen molar-refractivity contribution in [3.8, 4) is 11.3 Å². The quantitative estimate of drug-likeness (QED) is 0.711. The number of hydrogen-bond acceptors (Lipinski definition) is 5. The van der Waals surface area contributed by atoms with Gasteiger partial charge in [0, 0.05) is 24.2 Å². The summed E-state index contributed by atoms with van der Waals surface area (Å²) in [6, 6.07) is 15.1. The van der Waals surface area contributed by atoms with Gasteiger partial charge in [-0.2, -0.15) is 0 Å². The van der Waals surface area contributed by atoms with Gasteiger partial charge < -0.3 is 10.6 Å². The van der Waals surface area contributed by atoms with Crippen LogP contribution in [-0.4, -0.2) is 27.6 Å². The monoisotopic (exact) mass is 351 g/mol. The van der Waals surface area contributed by atoms with E-state index in [0.29, 0.717) is 23.9 Å². The molecule has 0 radical (unpaired) electrons. The van der Waals surface area contributed by atoms with E-state index in [1.807, 2.05) is 19.1 Å². The van der Waals surface area contributed by atoms with Crippen molar-refractivity contribution in [2.45, 2.75) is 13.3 Å². The molecule has 0 atom stereocenters. The van der Waals surface area contributed by atoms with Gasteiger partial charge in [-0.25, -0.2) is 9.37 Å². The van der Waals surface area contributed by atoms with Crippen molar-refractivity contribution < 1.29 is 9.18 Å². The molecule has 0 fully saturated rings. The van der Waals surface area contributed by atoms with Gasteiger partial charge in [0.25, 0.3) is 0 Å². The van der Waals surface area contributed by atoms with Crippen LogP contribution in [0.2, 0.25) is 0 Å². The molecular weight excluding hydrogens is 333 g/mol. The van der Waals surface area contributed by atoms with Crippen molar-refractivity contribution in [3.05, 3.63) is 66.1 Å². The first-order valence-electron chi connectivity index (χ1n) is 8.17. The minimum atomic E-state index is -0.292. The minimum absolute atomic E-state index is 0.133. The zero-order valence-electron chi connectivity index (χ0n) is 14.2. The van der Waals surface area contributed by atoms with Crippen LogP contribution in [0.4, 0.5) is 16.0 Å². The van der Waals surface area contributed by atoms with Gasteiger partial charge in [0.1, 0.15) is 17.5 Å². The highest BCUT2D eigenvalue weighted by atomic mass is 19.1. The van der Waals surface area contributed by atoms with Crippen LogP contribution in [0, 0.1) is 12.7 Å². The summed E-state index contributed by atoms with van der Waals surface area (Å²) >= 11 is 0. The molecule has 0 spiro atoms. The molecule has 0 aliphatic heterocycles. The van der Waals surface area contributed by atoms with E-state index >= 15 is 0 Å². The van der Waals surface area contributed by atoms with E-state index < -0.39 is 0 Å². The Morgan fingerprint density at radius 3 is 2.50 bits per heavy atom. The molecule has 0 bridgehead atoms. The Bertz CT molecular complexity index is 881. The highest BCUT2D eigenvalue weighted by molar-refractivity contribution is 5.90. The summed E-state index contributed by atoms with van der Waals surface area (Å²) in [7, 11) is 0. The fraction of sp³-hybridized carbons (Fsp3) is 0.158. The van der Waals surface area contributed by atoms with E-state index in [4.69, 9.17) is 0 Å². The normalized spacial score (nSPS) is 10.4. The highest BCUT2D eigenvalue weighted by Crippen LogP contribution is 2.17. The Hall–Kier alpha value is -3.35. The first kappa shape index (κ1) is 17.5. The molecule has 132 valence electrons. The molecule has 3 aromatic rings. The zero-order chi connectivity index (χ0) is 18.4. The Labute approximate surface area is 150 Å². The molecule has 0 aliphatic carbocycles. The number of carbonyl (C=O) groups is 1. The number of anilines is 2. The maximum atomic E-state index is 12.9. The second-order valence-corrected chi connectivity index (χ2v) is 5.70. The molecule has 2 heterocycles. The second kappa shape index (κ2) is 8.15. The fourth-order valence-corrected chi connectivity index (χ4v) is 2.32. The van der Waals surface area contributed by atoms with Crippen LogP contribution in [0.3, 0.4) is 0 Å². The molecule has 2 N–H and O–H groups in total. The lowest BCUT2D eigenvalue weighted by Gasteiger charge is -2.07. The Balaban J connectivity index is 1.49. The third kappa shape index (κ3) is 4.83. The van der Waals surface area contributed by atoms with Gasteiger partial charge in [-0.05, 0) is 55.5 Å². The number of carbonyl (C=O) groups excluding carboxylic acids is 1. The number of nitrogens with zero attached hydrogens (tertiary/aromatic N) is 3. The summed E-state index contributed by atoms with van der Waals surface area (Å²) in [4.78, 5) is 16.1. The van der Waals surface area contributed by atoms with Crippen LogP contribution >= 0.6 is 0 Å². The molecule has 0 saturated carbocycles. The molecular formula is C19H18FN5O. The third-order valence-electron chi connectivity index (χ3n) is 3.62. The van der Waals surface area contributed by atoms with Gasteiger partial charge in [-0.3, -0.25) is 4.79 Å². The van der Waals surface area contributed by atoms with Crippen LogP contribution in [-0.2, 0) is 4.79 Å².